The summed E-state index contributed by atoms with van der Waals surface area (Å²) in [6.45, 7) is 0. The second kappa shape index (κ2) is 11.7. The van der Waals surface area contributed by atoms with Crippen LogP contribution in [0.25, 0.3) is 124 Å². The Hall–Kier alpha value is -7.20. The number of nitrogens with zero attached hydrogens (tertiary/aromatic N) is 1. The molecule has 13 aromatic rings. The smallest absolute Gasteiger partial charge is 0.143 e. The summed E-state index contributed by atoms with van der Waals surface area (Å²) in [5.41, 5.74) is 10.2. The monoisotopic (exact) mass is 741 g/mol. The lowest BCUT2D eigenvalue weighted by atomic mass is 9.92. The third kappa shape index (κ3) is 4.46. The number of thiophene rings is 1. The summed E-state index contributed by atoms with van der Waals surface area (Å²) in [4.78, 5) is 0. The van der Waals surface area contributed by atoms with E-state index in [-0.39, 0.29) is 0 Å². The van der Waals surface area contributed by atoms with Crippen molar-refractivity contribution in [2.24, 2.45) is 0 Å². The number of benzene rings is 10. The van der Waals surface area contributed by atoms with Crippen molar-refractivity contribution in [3.63, 3.8) is 0 Å². The number of aromatic nitrogens is 1. The van der Waals surface area contributed by atoms with E-state index in [4.69, 9.17) is 4.42 Å². The quantitative estimate of drug-likeness (QED) is 0.165. The predicted molar refractivity (Wildman–Crippen MR) is 244 cm³/mol. The van der Waals surface area contributed by atoms with Gasteiger partial charge in [0.05, 0.1) is 11.0 Å². The molecule has 264 valence electrons. The second-order valence-corrected chi connectivity index (χ2v) is 16.3. The van der Waals surface area contributed by atoms with Gasteiger partial charge in [-0.05, 0) is 104 Å². The molecule has 0 saturated carbocycles. The Morgan fingerprint density at radius 2 is 0.912 bits per heavy atom. The van der Waals surface area contributed by atoms with Crippen LogP contribution in [-0.4, -0.2) is 4.57 Å². The highest BCUT2D eigenvalue weighted by Crippen LogP contribution is 2.43. The van der Waals surface area contributed by atoms with E-state index >= 15 is 0 Å². The largest absolute Gasteiger partial charge is 0.455 e. The van der Waals surface area contributed by atoms with E-state index in [0.717, 1.165) is 27.5 Å². The molecule has 0 aliphatic heterocycles. The van der Waals surface area contributed by atoms with Gasteiger partial charge in [-0.15, -0.1) is 11.3 Å². The lowest BCUT2D eigenvalue weighted by molar-refractivity contribution is 0.670. The fraction of sp³-hybridized carbons (Fsp3) is 0. The fourth-order valence-corrected chi connectivity index (χ4v) is 10.7. The SMILES string of the molecule is c1ccc2c(c1)oc1c(-c3ccc4sc5cc(-n6c7ccccc7c7cc(-c8ccc9c%10ccccc%10c%10ccccc%10c9c8)ccc76)ccc5c4c3)cccc12. The zero-order valence-corrected chi connectivity index (χ0v) is 31.5. The first-order valence-corrected chi connectivity index (χ1v) is 20.3. The summed E-state index contributed by atoms with van der Waals surface area (Å²) in [5, 5.41) is 15.1. The van der Waals surface area contributed by atoms with Crippen LogP contribution in [0, 0.1) is 0 Å². The Morgan fingerprint density at radius 1 is 0.333 bits per heavy atom. The predicted octanol–water partition coefficient (Wildman–Crippen LogP) is 15.8. The number of furan rings is 1. The molecule has 0 spiro atoms. The molecule has 0 aliphatic carbocycles. The first kappa shape index (κ1) is 31.1. The average Bonchev–Trinajstić information content (AvgIpc) is 3.95. The zero-order chi connectivity index (χ0) is 37.2. The molecule has 13 rings (SSSR count). The molecule has 57 heavy (non-hydrogen) atoms. The molecule has 0 bridgehead atoms. The highest BCUT2D eigenvalue weighted by Gasteiger charge is 2.17. The van der Waals surface area contributed by atoms with Crippen LogP contribution < -0.4 is 0 Å². The Kier molecular flexibility index (Phi) is 6.35. The summed E-state index contributed by atoms with van der Waals surface area (Å²) >= 11 is 1.86. The maximum atomic E-state index is 6.43. The highest BCUT2D eigenvalue weighted by atomic mass is 32.1. The molecule has 2 nitrogen and oxygen atoms in total. The van der Waals surface area contributed by atoms with E-state index in [0.29, 0.717) is 0 Å². The van der Waals surface area contributed by atoms with Crippen LogP contribution in [0.5, 0.6) is 0 Å². The van der Waals surface area contributed by atoms with Crippen LogP contribution in [0.1, 0.15) is 0 Å². The van der Waals surface area contributed by atoms with Crippen LogP contribution in [0.15, 0.2) is 192 Å². The van der Waals surface area contributed by atoms with Gasteiger partial charge in [0.2, 0.25) is 0 Å². The first-order chi connectivity index (χ1) is 28.2. The van der Waals surface area contributed by atoms with Gasteiger partial charge in [0.25, 0.3) is 0 Å². The van der Waals surface area contributed by atoms with E-state index in [1.54, 1.807) is 0 Å². The normalized spacial score (nSPS) is 12.2. The van der Waals surface area contributed by atoms with Crippen molar-refractivity contribution in [2.75, 3.05) is 0 Å². The molecule has 0 radical (unpaired) electrons. The lowest BCUT2D eigenvalue weighted by Gasteiger charge is -2.12. The van der Waals surface area contributed by atoms with E-state index in [1.807, 2.05) is 17.4 Å². The molecule has 0 N–H and O–H groups in total. The van der Waals surface area contributed by atoms with Crippen molar-refractivity contribution < 1.29 is 4.42 Å². The average molecular weight is 742 g/mol. The third-order valence-corrected chi connectivity index (χ3v) is 13.3. The maximum Gasteiger partial charge on any atom is 0.143 e. The summed E-state index contributed by atoms with van der Waals surface area (Å²) in [5.74, 6) is 0. The molecule has 0 fully saturated rings. The zero-order valence-electron chi connectivity index (χ0n) is 30.7. The Morgan fingerprint density at radius 3 is 1.72 bits per heavy atom. The van der Waals surface area contributed by atoms with E-state index in [9.17, 15) is 0 Å². The molecule has 0 atom stereocenters. The van der Waals surface area contributed by atoms with Crippen LogP contribution >= 0.6 is 11.3 Å². The Balaban J connectivity index is 0.946. The van der Waals surface area contributed by atoms with Crippen molar-refractivity contribution in [3.05, 3.63) is 188 Å². The molecular formula is C54H31NOS. The van der Waals surface area contributed by atoms with Crippen molar-refractivity contribution in [2.45, 2.75) is 0 Å². The summed E-state index contributed by atoms with van der Waals surface area (Å²) < 4.78 is 11.4. The minimum Gasteiger partial charge on any atom is -0.455 e. The topological polar surface area (TPSA) is 18.1 Å². The summed E-state index contributed by atoms with van der Waals surface area (Å²) in [6.07, 6.45) is 0. The maximum absolute atomic E-state index is 6.43. The van der Waals surface area contributed by atoms with Gasteiger partial charge in [-0.1, -0.05) is 133 Å². The van der Waals surface area contributed by atoms with Gasteiger partial charge in [0.15, 0.2) is 0 Å². The third-order valence-electron chi connectivity index (χ3n) is 12.2. The van der Waals surface area contributed by atoms with Crippen LogP contribution in [0.4, 0.5) is 0 Å². The van der Waals surface area contributed by atoms with Crippen LogP contribution in [0.2, 0.25) is 0 Å². The first-order valence-electron chi connectivity index (χ1n) is 19.5. The van der Waals surface area contributed by atoms with Crippen molar-refractivity contribution in [1.29, 1.82) is 0 Å². The molecule has 0 amide bonds. The number of hydrogen-bond acceptors (Lipinski definition) is 2. The number of fused-ring (bicyclic) bond motifs is 15. The molecular weight excluding hydrogens is 711 g/mol. The molecule has 0 aliphatic rings. The molecule has 3 heteroatoms. The minimum atomic E-state index is 0.923. The van der Waals surface area contributed by atoms with Gasteiger partial charge >= 0.3 is 0 Å². The highest BCUT2D eigenvalue weighted by molar-refractivity contribution is 7.25. The van der Waals surface area contributed by atoms with E-state index in [1.165, 1.54) is 96.7 Å². The van der Waals surface area contributed by atoms with Gasteiger partial charge < -0.3 is 8.98 Å². The van der Waals surface area contributed by atoms with Gasteiger partial charge in [-0.3, -0.25) is 0 Å². The summed E-state index contributed by atoms with van der Waals surface area (Å²) in [6, 6.07) is 69.0. The summed E-state index contributed by atoms with van der Waals surface area (Å²) in [7, 11) is 0. The number of para-hydroxylation sites is 3. The standard InChI is InChI=1S/C54H31NOS/c1-2-12-39-37(10-1)38-11-3-4-13-40(38)46-28-32(20-24-41(39)46)33-21-26-50-47(29-33)42-14-5-7-18-49(42)55(50)35-23-25-44-48-30-34(22-27-52(48)57-53(44)31-35)36-16-9-17-45-43-15-6-8-19-51(43)56-54(36)45/h1-31H. The number of hydrogen-bond donors (Lipinski definition) is 0. The van der Waals surface area contributed by atoms with Gasteiger partial charge in [0, 0.05) is 53.0 Å². The number of rotatable bonds is 3. The van der Waals surface area contributed by atoms with Gasteiger partial charge in [-0.25, -0.2) is 0 Å². The Labute approximate surface area is 331 Å². The van der Waals surface area contributed by atoms with Gasteiger partial charge in [0.1, 0.15) is 11.2 Å². The molecule has 3 heterocycles. The Bertz CT molecular complexity index is 3790. The van der Waals surface area contributed by atoms with Crippen LogP contribution in [0.3, 0.4) is 0 Å². The van der Waals surface area contributed by atoms with Crippen LogP contribution in [-0.2, 0) is 0 Å². The van der Waals surface area contributed by atoms with E-state index in [2.05, 4.69) is 187 Å². The minimum absolute atomic E-state index is 0.923. The van der Waals surface area contributed by atoms with E-state index < -0.39 is 0 Å². The van der Waals surface area contributed by atoms with Gasteiger partial charge in [-0.2, -0.15) is 0 Å². The van der Waals surface area contributed by atoms with Crippen molar-refractivity contribution in [3.8, 4) is 27.9 Å². The fourth-order valence-electron chi connectivity index (χ4n) is 9.56. The second-order valence-electron chi connectivity index (χ2n) is 15.2. The van der Waals surface area contributed by atoms with Crippen molar-refractivity contribution >= 4 is 108 Å². The molecule has 10 aromatic carbocycles. The molecule has 0 unspecified atom stereocenters. The van der Waals surface area contributed by atoms with Crippen molar-refractivity contribution in [1.82, 2.24) is 4.57 Å². The molecule has 3 aromatic heterocycles. The molecule has 0 saturated heterocycles. The lowest BCUT2D eigenvalue weighted by Crippen LogP contribution is -1.93.